The van der Waals surface area contributed by atoms with E-state index < -0.39 is 20.6 Å². The lowest BCUT2D eigenvalue weighted by Crippen LogP contribution is -2.44. The summed E-state index contributed by atoms with van der Waals surface area (Å²) in [7, 11) is -3.25. The summed E-state index contributed by atoms with van der Waals surface area (Å²) in [5.74, 6) is -1.56. The summed E-state index contributed by atoms with van der Waals surface area (Å²) >= 11 is 0. The third-order valence-corrected chi connectivity index (χ3v) is 4.92. The largest absolute Gasteiger partial charge is 0.481 e. The standard InChI is InChI=1S/C11H21NO5S/c1-8(6-10(14)15)5-9(13)12-7-11(2,3)18(4,16)17/h8H,5-7H2,1-4H3,(H,12,13)(H,14,15). The number of carbonyl (C=O) groups is 2. The molecule has 0 fully saturated rings. The molecular weight excluding hydrogens is 258 g/mol. The molecule has 1 unspecified atom stereocenters. The van der Waals surface area contributed by atoms with Crippen LogP contribution in [0, 0.1) is 5.92 Å². The number of carboxylic acid groups (broad SMARTS) is 1. The third kappa shape index (κ3) is 6.00. The van der Waals surface area contributed by atoms with E-state index >= 15 is 0 Å². The van der Waals surface area contributed by atoms with Gasteiger partial charge in [-0.15, -0.1) is 0 Å². The molecule has 0 bridgehead atoms. The van der Waals surface area contributed by atoms with Crippen molar-refractivity contribution in [2.75, 3.05) is 12.8 Å². The van der Waals surface area contributed by atoms with Crippen LogP contribution in [0.15, 0.2) is 0 Å². The van der Waals surface area contributed by atoms with Gasteiger partial charge in [-0.25, -0.2) is 8.42 Å². The highest BCUT2D eigenvalue weighted by Crippen LogP contribution is 2.14. The minimum absolute atomic E-state index is 0.0183. The van der Waals surface area contributed by atoms with E-state index in [-0.39, 0.29) is 31.2 Å². The monoisotopic (exact) mass is 279 g/mol. The van der Waals surface area contributed by atoms with Crippen molar-refractivity contribution in [2.45, 2.75) is 38.4 Å². The van der Waals surface area contributed by atoms with Crippen LogP contribution in [-0.2, 0) is 19.4 Å². The van der Waals surface area contributed by atoms with Crippen LogP contribution in [0.2, 0.25) is 0 Å². The summed E-state index contributed by atoms with van der Waals surface area (Å²) in [4.78, 5) is 21.9. The number of carboxylic acids is 1. The van der Waals surface area contributed by atoms with Crippen molar-refractivity contribution in [3.63, 3.8) is 0 Å². The summed E-state index contributed by atoms with van der Waals surface area (Å²) in [5, 5.41) is 11.1. The van der Waals surface area contributed by atoms with E-state index in [0.717, 1.165) is 6.26 Å². The number of rotatable bonds is 7. The Balaban J connectivity index is 4.24. The van der Waals surface area contributed by atoms with Gasteiger partial charge in [0.25, 0.3) is 0 Å². The van der Waals surface area contributed by atoms with Gasteiger partial charge in [0.1, 0.15) is 0 Å². The highest BCUT2D eigenvalue weighted by Gasteiger charge is 2.30. The Hall–Kier alpha value is -1.11. The van der Waals surface area contributed by atoms with Crippen molar-refractivity contribution in [1.82, 2.24) is 5.32 Å². The summed E-state index contributed by atoms with van der Waals surface area (Å²) < 4.78 is 21.8. The quantitative estimate of drug-likeness (QED) is 0.703. The molecule has 0 aromatic carbocycles. The van der Waals surface area contributed by atoms with Crippen molar-refractivity contribution >= 4 is 21.7 Å². The van der Waals surface area contributed by atoms with E-state index in [0.29, 0.717) is 0 Å². The summed E-state index contributed by atoms with van der Waals surface area (Å²) in [6.07, 6.45) is 1.11. The number of nitrogens with one attached hydrogen (secondary N) is 1. The van der Waals surface area contributed by atoms with Crippen molar-refractivity contribution in [2.24, 2.45) is 5.92 Å². The molecule has 0 aliphatic rings. The molecule has 0 saturated carbocycles. The maximum Gasteiger partial charge on any atom is 0.303 e. The molecule has 7 heteroatoms. The Morgan fingerprint density at radius 1 is 1.28 bits per heavy atom. The second-order valence-corrected chi connectivity index (χ2v) is 7.87. The number of aliphatic carboxylic acids is 1. The second kappa shape index (κ2) is 6.17. The van der Waals surface area contributed by atoms with E-state index in [2.05, 4.69) is 5.32 Å². The molecule has 0 aromatic heterocycles. The fourth-order valence-corrected chi connectivity index (χ4v) is 1.54. The van der Waals surface area contributed by atoms with Crippen LogP contribution in [0.25, 0.3) is 0 Å². The van der Waals surface area contributed by atoms with Gasteiger partial charge in [-0.2, -0.15) is 0 Å². The van der Waals surface area contributed by atoms with Crippen LogP contribution >= 0.6 is 0 Å². The molecule has 0 aliphatic heterocycles. The van der Waals surface area contributed by atoms with Crippen LogP contribution in [0.4, 0.5) is 0 Å². The van der Waals surface area contributed by atoms with Gasteiger partial charge >= 0.3 is 5.97 Å². The third-order valence-electron chi connectivity index (χ3n) is 2.77. The highest BCUT2D eigenvalue weighted by molar-refractivity contribution is 7.92. The van der Waals surface area contributed by atoms with Crippen LogP contribution in [0.3, 0.4) is 0 Å². The van der Waals surface area contributed by atoms with E-state index in [9.17, 15) is 18.0 Å². The molecule has 1 atom stereocenters. The lowest BCUT2D eigenvalue weighted by Gasteiger charge is -2.23. The van der Waals surface area contributed by atoms with E-state index in [1.165, 1.54) is 13.8 Å². The highest BCUT2D eigenvalue weighted by atomic mass is 32.2. The minimum Gasteiger partial charge on any atom is -0.481 e. The van der Waals surface area contributed by atoms with Crippen LogP contribution < -0.4 is 5.32 Å². The molecule has 0 aromatic rings. The predicted octanol–water partition coefficient (Wildman–Crippen LogP) is 0.427. The number of hydrogen-bond donors (Lipinski definition) is 2. The van der Waals surface area contributed by atoms with Crippen molar-refractivity contribution in [3.8, 4) is 0 Å². The number of sulfone groups is 1. The minimum atomic E-state index is -3.25. The van der Waals surface area contributed by atoms with Gasteiger partial charge in [-0.05, 0) is 19.8 Å². The molecule has 6 nitrogen and oxygen atoms in total. The summed E-state index contributed by atoms with van der Waals surface area (Å²) in [5.41, 5.74) is 0. The summed E-state index contributed by atoms with van der Waals surface area (Å²) in [6, 6.07) is 0. The molecule has 2 N–H and O–H groups in total. The summed E-state index contributed by atoms with van der Waals surface area (Å²) in [6.45, 7) is 4.74. The fraction of sp³-hybridized carbons (Fsp3) is 0.818. The molecule has 0 aliphatic carbocycles. The predicted molar refractivity (Wildman–Crippen MR) is 68.0 cm³/mol. The van der Waals surface area contributed by atoms with Crippen molar-refractivity contribution in [3.05, 3.63) is 0 Å². The zero-order chi connectivity index (χ0) is 14.6. The molecule has 0 saturated heterocycles. The normalized spacial score (nSPS) is 14.0. The molecule has 0 rings (SSSR count). The Kier molecular flexibility index (Phi) is 5.79. The average Bonchev–Trinajstić information content (AvgIpc) is 2.11. The molecule has 106 valence electrons. The first kappa shape index (κ1) is 16.9. The Morgan fingerprint density at radius 2 is 1.78 bits per heavy atom. The molecule has 0 heterocycles. The molecule has 1 amide bonds. The zero-order valence-corrected chi connectivity index (χ0v) is 12.0. The van der Waals surface area contributed by atoms with Gasteiger partial charge in [0, 0.05) is 25.6 Å². The fourth-order valence-electron chi connectivity index (χ4n) is 1.20. The smallest absolute Gasteiger partial charge is 0.303 e. The Labute approximate surface area is 108 Å². The zero-order valence-electron chi connectivity index (χ0n) is 11.2. The molecule has 18 heavy (non-hydrogen) atoms. The topological polar surface area (TPSA) is 101 Å². The Bertz CT molecular complexity index is 413. The lowest BCUT2D eigenvalue weighted by molar-refractivity contribution is -0.138. The van der Waals surface area contributed by atoms with E-state index in [1.807, 2.05) is 0 Å². The van der Waals surface area contributed by atoms with Crippen LogP contribution in [0.1, 0.15) is 33.6 Å². The first-order chi connectivity index (χ1) is 7.95. The Morgan fingerprint density at radius 3 is 2.17 bits per heavy atom. The first-order valence-electron chi connectivity index (χ1n) is 5.64. The van der Waals surface area contributed by atoms with Crippen LogP contribution in [-0.4, -0.2) is 42.9 Å². The number of carbonyl (C=O) groups excluding carboxylic acids is 1. The van der Waals surface area contributed by atoms with Crippen LogP contribution in [0.5, 0.6) is 0 Å². The molecule has 0 spiro atoms. The van der Waals surface area contributed by atoms with E-state index in [4.69, 9.17) is 5.11 Å². The maximum absolute atomic E-state index is 11.5. The van der Waals surface area contributed by atoms with Gasteiger partial charge < -0.3 is 10.4 Å². The average molecular weight is 279 g/mol. The second-order valence-electron chi connectivity index (χ2n) is 5.22. The number of hydrogen-bond acceptors (Lipinski definition) is 4. The van der Waals surface area contributed by atoms with Gasteiger partial charge in [0.2, 0.25) is 5.91 Å². The van der Waals surface area contributed by atoms with Crippen molar-refractivity contribution in [1.29, 1.82) is 0 Å². The van der Waals surface area contributed by atoms with Gasteiger partial charge in [0.15, 0.2) is 9.84 Å². The van der Waals surface area contributed by atoms with Gasteiger partial charge in [-0.3, -0.25) is 9.59 Å². The molecule has 0 radical (unpaired) electrons. The van der Waals surface area contributed by atoms with Gasteiger partial charge in [0.05, 0.1) is 4.75 Å². The SMILES string of the molecule is CC(CC(=O)O)CC(=O)NCC(C)(C)S(C)(=O)=O. The van der Waals surface area contributed by atoms with E-state index in [1.54, 1.807) is 6.92 Å². The molecular formula is C11H21NO5S. The first-order valence-corrected chi connectivity index (χ1v) is 7.53. The lowest BCUT2D eigenvalue weighted by atomic mass is 10.0. The maximum atomic E-state index is 11.5. The number of amides is 1. The van der Waals surface area contributed by atoms with Gasteiger partial charge in [-0.1, -0.05) is 6.92 Å². The van der Waals surface area contributed by atoms with Crippen molar-refractivity contribution < 1.29 is 23.1 Å².